The van der Waals surface area contributed by atoms with Crippen molar-refractivity contribution in [2.24, 2.45) is 0 Å². The summed E-state index contributed by atoms with van der Waals surface area (Å²) in [5.74, 6) is -0.226. The van der Waals surface area contributed by atoms with Gasteiger partial charge in [-0.1, -0.05) is 17.7 Å². The fourth-order valence-electron chi connectivity index (χ4n) is 3.00. The Hall–Kier alpha value is -3.48. The SMILES string of the molecule is Cc1ccc(-n2nc(-c3ccc([N+](=O)[O-])cc3)cc2C(=O)NC(C)C)c(C)c1. The topological polar surface area (TPSA) is 90.1 Å². The van der Waals surface area contributed by atoms with Gasteiger partial charge >= 0.3 is 0 Å². The highest BCUT2D eigenvalue weighted by molar-refractivity contribution is 5.94. The number of hydrogen-bond acceptors (Lipinski definition) is 4. The van der Waals surface area contributed by atoms with E-state index in [2.05, 4.69) is 10.4 Å². The molecule has 0 fully saturated rings. The Bertz CT molecular complexity index is 1040. The fraction of sp³-hybridized carbons (Fsp3) is 0.238. The molecule has 1 heterocycles. The second-order valence-corrected chi connectivity index (χ2v) is 7.05. The van der Waals surface area contributed by atoms with Gasteiger partial charge in [0.2, 0.25) is 0 Å². The molecule has 1 amide bonds. The number of hydrogen-bond donors (Lipinski definition) is 1. The van der Waals surface area contributed by atoms with Crippen LogP contribution >= 0.6 is 0 Å². The van der Waals surface area contributed by atoms with Crippen LogP contribution in [0.3, 0.4) is 0 Å². The number of aryl methyl sites for hydroxylation is 2. The first kappa shape index (κ1) is 19.3. The van der Waals surface area contributed by atoms with Gasteiger partial charge in [0.1, 0.15) is 5.69 Å². The Morgan fingerprint density at radius 3 is 2.36 bits per heavy atom. The van der Waals surface area contributed by atoms with E-state index in [1.54, 1.807) is 22.9 Å². The van der Waals surface area contributed by atoms with Crippen LogP contribution in [0.4, 0.5) is 5.69 Å². The molecule has 1 aromatic heterocycles. The van der Waals surface area contributed by atoms with Crippen molar-refractivity contribution in [2.75, 3.05) is 0 Å². The lowest BCUT2D eigenvalue weighted by atomic mass is 10.1. The summed E-state index contributed by atoms with van der Waals surface area (Å²) in [6.07, 6.45) is 0. The molecule has 28 heavy (non-hydrogen) atoms. The van der Waals surface area contributed by atoms with Crippen LogP contribution in [0.2, 0.25) is 0 Å². The average Bonchev–Trinajstić information content (AvgIpc) is 3.06. The van der Waals surface area contributed by atoms with Crippen molar-refractivity contribution in [1.29, 1.82) is 0 Å². The van der Waals surface area contributed by atoms with Crippen molar-refractivity contribution >= 4 is 11.6 Å². The van der Waals surface area contributed by atoms with Crippen molar-refractivity contribution < 1.29 is 9.72 Å². The van der Waals surface area contributed by atoms with Crippen LogP contribution in [-0.2, 0) is 0 Å². The standard InChI is InChI=1S/C21H22N4O3/c1-13(2)22-21(26)20-12-18(16-6-8-17(9-7-16)25(27)28)23-24(20)19-10-5-14(3)11-15(19)4/h5-13H,1-4H3,(H,22,26). The predicted molar refractivity (Wildman–Crippen MR) is 108 cm³/mol. The molecule has 0 unspecified atom stereocenters. The molecule has 3 rings (SSSR count). The molecule has 0 radical (unpaired) electrons. The summed E-state index contributed by atoms with van der Waals surface area (Å²) >= 11 is 0. The number of non-ortho nitro benzene ring substituents is 1. The molecule has 7 heteroatoms. The lowest BCUT2D eigenvalue weighted by Gasteiger charge is -2.12. The number of benzene rings is 2. The number of nitro groups is 1. The van der Waals surface area contributed by atoms with E-state index in [1.807, 2.05) is 45.9 Å². The highest BCUT2D eigenvalue weighted by Crippen LogP contribution is 2.25. The van der Waals surface area contributed by atoms with E-state index in [-0.39, 0.29) is 17.6 Å². The van der Waals surface area contributed by atoms with Crippen LogP contribution in [-0.4, -0.2) is 26.7 Å². The fourth-order valence-corrected chi connectivity index (χ4v) is 3.00. The normalized spacial score (nSPS) is 10.9. The Labute approximate surface area is 163 Å². The predicted octanol–water partition coefficient (Wildman–Crippen LogP) is 4.20. The lowest BCUT2D eigenvalue weighted by Crippen LogP contribution is -2.31. The molecule has 3 aromatic rings. The van der Waals surface area contributed by atoms with Crippen molar-refractivity contribution in [3.05, 3.63) is 75.5 Å². The lowest BCUT2D eigenvalue weighted by molar-refractivity contribution is -0.384. The zero-order valence-electron chi connectivity index (χ0n) is 16.3. The van der Waals surface area contributed by atoms with Crippen LogP contribution < -0.4 is 5.32 Å². The number of amides is 1. The maximum Gasteiger partial charge on any atom is 0.270 e. The Kier molecular flexibility index (Phi) is 5.26. The molecule has 0 spiro atoms. The number of nitro benzene ring substituents is 1. The minimum atomic E-state index is -0.445. The third-order valence-electron chi connectivity index (χ3n) is 4.32. The zero-order valence-corrected chi connectivity index (χ0v) is 16.3. The largest absolute Gasteiger partial charge is 0.349 e. The van der Waals surface area contributed by atoms with Crippen LogP contribution in [0.25, 0.3) is 16.9 Å². The molecular formula is C21H22N4O3. The molecule has 0 aliphatic carbocycles. The van der Waals surface area contributed by atoms with E-state index in [0.717, 1.165) is 16.8 Å². The van der Waals surface area contributed by atoms with Crippen molar-refractivity contribution in [1.82, 2.24) is 15.1 Å². The van der Waals surface area contributed by atoms with E-state index in [4.69, 9.17) is 0 Å². The number of rotatable bonds is 5. The smallest absolute Gasteiger partial charge is 0.270 e. The van der Waals surface area contributed by atoms with Gasteiger partial charge in [0.15, 0.2) is 0 Å². The second kappa shape index (κ2) is 7.64. The second-order valence-electron chi connectivity index (χ2n) is 7.05. The summed E-state index contributed by atoms with van der Waals surface area (Å²) in [7, 11) is 0. The van der Waals surface area contributed by atoms with Crippen molar-refractivity contribution in [2.45, 2.75) is 33.7 Å². The third-order valence-corrected chi connectivity index (χ3v) is 4.32. The van der Waals surface area contributed by atoms with Gasteiger partial charge in [0, 0.05) is 23.7 Å². The summed E-state index contributed by atoms with van der Waals surface area (Å²) in [5.41, 5.74) is 4.63. The van der Waals surface area contributed by atoms with E-state index in [9.17, 15) is 14.9 Å². The van der Waals surface area contributed by atoms with E-state index >= 15 is 0 Å². The molecule has 7 nitrogen and oxygen atoms in total. The molecule has 1 N–H and O–H groups in total. The molecule has 0 aliphatic heterocycles. The van der Waals surface area contributed by atoms with Crippen LogP contribution in [0, 0.1) is 24.0 Å². The summed E-state index contributed by atoms with van der Waals surface area (Å²) in [6.45, 7) is 7.77. The molecular weight excluding hydrogens is 356 g/mol. The maximum atomic E-state index is 12.8. The summed E-state index contributed by atoms with van der Waals surface area (Å²) < 4.78 is 1.63. The Morgan fingerprint density at radius 1 is 1.11 bits per heavy atom. The first-order valence-corrected chi connectivity index (χ1v) is 8.99. The van der Waals surface area contributed by atoms with E-state index < -0.39 is 4.92 Å². The zero-order chi connectivity index (χ0) is 20.4. The minimum Gasteiger partial charge on any atom is -0.349 e. The number of carbonyl (C=O) groups excluding carboxylic acids is 1. The summed E-state index contributed by atoms with van der Waals surface area (Å²) in [6, 6.07) is 13.8. The Balaban J connectivity index is 2.11. The van der Waals surface area contributed by atoms with Crippen LogP contribution in [0.5, 0.6) is 0 Å². The van der Waals surface area contributed by atoms with Crippen LogP contribution in [0.1, 0.15) is 35.5 Å². The van der Waals surface area contributed by atoms with Gasteiger partial charge in [0.25, 0.3) is 11.6 Å². The molecule has 0 saturated carbocycles. The van der Waals surface area contributed by atoms with Gasteiger partial charge in [-0.05, 0) is 57.5 Å². The van der Waals surface area contributed by atoms with Gasteiger partial charge in [0.05, 0.1) is 16.3 Å². The monoisotopic (exact) mass is 378 g/mol. The number of aromatic nitrogens is 2. The first-order chi connectivity index (χ1) is 13.3. The van der Waals surface area contributed by atoms with Crippen molar-refractivity contribution in [3.63, 3.8) is 0 Å². The number of nitrogens with one attached hydrogen (secondary N) is 1. The quantitative estimate of drug-likeness (QED) is 0.532. The molecule has 2 aromatic carbocycles. The minimum absolute atomic E-state index is 0.00957. The van der Waals surface area contributed by atoms with E-state index in [0.29, 0.717) is 17.0 Å². The van der Waals surface area contributed by atoms with E-state index in [1.165, 1.54) is 12.1 Å². The van der Waals surface area contributed by atoms with Crippen molar-refractivity contribution in [3.8, 4) is 16.9 Å². The molecule has 144 valence electrons. The summed E-state index contributed by atoms with van der Waals surface area (Å²) in [5, 5.41) is 18.4. The van der Waals surface area contributed by atoms with Gasteiger partial charge in [-0.3, -0.25) is 14.9 Å². The molecule has 0 bridgehead atoms. The first-order valence-electron chi connectivity index (χ1n) is 8.99. The van der Waals surface area contributed by atoms with Gasteiger partial charge in [-0.15, -0.1) is 0 Å². The molecule has 0 saturated heterocycles. The van der Waals surface area contributed by atoms with Gasteiger partial charge in [-0.2, -0.15) is 5.10 Å². The highest BCUT2D eigenvalue weighted by Gasteiger charge is 2.19. The summed E-state index contributed by atoms with van der Waals surface area (Å²) in [4.78, 5) is 23.2. The number of nitrogens with zero attached hydrogens (tertiary/aromatic N) is 3. The average molecular weight is 378 g/mol. The van der Waals surface area contributed by atoms with Gasteiger partial charge < -0.3 is 5.32 Å². The highest BCUT2D eigenvalue weighted by atomic mass is 16.6. The Morgan fingerprint density at radius 2 is 1.79 bits per heavy atom. The van der Waals surface area contributed by atoms with Gasteiger partial charge in [-0.25, -0.2) is 4.68 Å². The third kappa shape index (κ3) is 3.93. The van der Waals surface area contributed by atoms with Crippen LogP contribution in [0.15, 0.2) is 48.5 Å². The molecule has 0 atom stereocenters. The number of carbonyl (C=O) groups is 1. The molecule has 0 aliphatic rings. The maximum absolute atomic E-state index is 12.8.